The summed E-state index contributed by atoms with van der Waals surface area (Å²) in [4.78, 5) is 28.2. The summed E-state index contributed by atoms with van der Waals surface area (Å²) in [6.45, 7) is -0.533. The number of aromatic nitrogens is 1. The zero-order valence-electron chi connectivity index (χ0n) is 14.9. The van der Waals surface area contributed by atoms with Crippen molar-refractivity contribution in [1.29, 1.82) is 5.26 Å². The van der Waals surface area contributed by atoms with Crippen molar-refractivity contribution in [1.82, 2.24) is 15.2 Å². The topological polar surface area (TPSA) is 89.0 Å². The lowest BCUT2D eigenvalue weighted by molar-refractivity contribution is -0.123. The van der Waals surface area contributed by atoms with Crippen LogP contribution in [-0.2, 0) is 11.3 Å². The molecule has 3 amide bonds. The number of aromatic amines is 1. The third-order valence-corrected chi connectivity index (χ3v) is 4.92. The molecule has 2 heterocycles. The maximum atomic E-state index is 14.1. The van der Waals surface area contributed by atoms with E-state index in [0.717, 1.165) is 6.07 Å². The first-order valence-electron chi connectivity index (χ1n) is 8.47. The Kier molecular flexibility index (Phi) is 4.72. The molecule has 4 rings (SSSR count). The van der Waals surface area contributed by atoms with Gasteiger partial charge in [0, 0.05) is 22.7 Å². The number of hydrogen-bond acceptors (Lipinski definition) is 3. The Hall–Kier alpha value is -3.77. The molecule has 0 radical (unpaired) electrons. The molecule has 0 aliphatic carbocycles. The number of benzene rings is 2. The Morgan fingerprint density at radius 1 is 1.17 bits per heavy atom. The van der Waals surface area contributed by atoms with Gasteiger partial charge in [-0.2, -0.15) is 5.26 Å². The fraction of sp³-hybridized carbons (Fsp3) is 0.0500. The number of fused-ring (bicyclic) bond motifs is 1. The maximum absolute atomic E-state index is 14.1. The quantitative estimate of drug-likeness (QED) is 0.482. The largest absolute Gasteiger partial charge is 0.358 e. The number of rotatable bonds is 3. The van der Waals surface area contributed by atoms with Crippen molar-refractivity contribution in [3.8, 4) is 6.07 Å². The zero-order valence-corrected chi connectivity index (χ0v) is 15.6. The highest BCUT2D eigenvalue weighted by atomic mass is 35.5. The van der Waals surface area contributed by atoms with Crippen molar-refractivity contribution < 1.29 is 22.8 Å². The van der Waals surface area contributed by atoms with Crippen LogP contribution in [0.15, 0.2) is 36.2 Å². The van der Waals surface area contributed by atoms with Crippen LogP contribution in [0.4, 0.5) is 18.0 Å². The normalized spacial score (nSPS) is 15.2. The second-order valence-electron chi connectivity index (χ2n) is 6.44. The predicted molar refractivity (Wildman–Crippen MR) is 101 cm³/mol. The molecule has 6 nitrogen and oxygen atoms in total. The Morgan fingerprint density at radius 3 is 2.67 bits per heavy atom. The van der Waals surface area contributed by atoms with Crippen molar-refractivity contribution in [3.05, 3.63) is 75.3 Å². The van der Waals surface area contributed by atoms with Crippen LogP contribution in [0.3, 0.4) is 0 Å². The van der Waals surface area contributed by atoms with Gasteiger partial charge in [-0.05, 0) is 24.3 Å². The molecular weight excluding hydrogens is 421 g/mol. The van der Waals surface area contributed by atoms with Gasteiger partial charge >= 0.3 is 6.03 Å². The smallest absolute Gasteiger partial charge is 0.329 e. The van der Waals surface area contributed by atoms with E-state index in [-0.39, 0.29) is 21.8 Å². The van der Waals surface area contributed by atoms with Crippen molar-refractivity contribution >= 4 is 40.5 Å². The summed E-state index contributed by atoms with van der Waals surface area (Å²) in [5.41, 5.74) is -0.314. The summed E-state index contributed by atoms with van der Waals surface area (Å²) in [6.07, 6.45) is 2.77. The number of nitriles is 1. The first-order chi connectivity index (χ1) is 14.3. The number of amides is 3. The fourth-order valence-corrected chi connectivity index (χ4v) is 3.27. The molecule has 150 valence electrons. The van der Waals surface area contributed by atoms with E-state index in [4.69, 9.17) is 16.9 Å². The number of imide groups is 1. The molecule has 1 aliphatic rings. The van der Waals surface area contributed by atoms with Crippen LogP contribution in [-0.4, -0.2) is 21.8 Å². The Balaban J connectivity index is 1.65. The number of H-pyrrole nitrogens is 1. The van der Waals surface area contributed by atoms with Crippen LogP contribution >= 0.6 is 11.6 Å². The van der Waals surface area contributed by atoms with Gasteiger partial charge in [0.05, 0.1) is 22.6 Å². The summed E-state index contributed by atoms with van der Waals surface area (Å²) in [5.74, 6) is -3.31. The molecule has 1 fully saturated rings. The molecule has 0 atom stereocenters. The third-order valence-electron chi connectivity index (χ3n) is 4.62. The molecular formula is C20H10ClF3N4O2. The van der Waals surface area contributed by atoms with Crippen LogP contribution < -0.4 is 5.32 Å². The summed E-state index contributed by atoms with van der Waals surface area (Å²) < 4.78 is 42.0. The van der Waals surface area contributed by atoms with Crippen LogP contribution in [0, 0.1) is 28.8 Å². The average molecular weight is 431 g/mol. The van der Waals surface area contributed by atoms with Gasteiger partial charge in [-0.3, -0.25) is 9.69 Å². The van der Waals surface area contributed by atoms with Gasteiger partial charge in [0.1, 0.15) is 23.4 Å². The van der Waals surface area contributed by atoms with E-state index < -0.39 is 41.5 Å². The summed E-state index contributed by atoms with van der Waals surface area (Å²) >= 11 is 5.75. The summed E-state index contributed by atoms with van der Waals surface area (Å²) in [6, 6.07) is 5.06. The van der Waals surface area contributed by atoms with Crippen LogP contribution in [0.1, 0.15) is 16.7 Å². The van der Waals surface area contributed by atoms with E-state index in [1.807, 2.05) is 0 Å². The van der Waals surface area contributed by atoms with E-state index >= 15 is 0 Å². The highest BCUT2D eigenvalue weighted by Crippen LogP contribution is 2.28. The van der Waals surface area contributed by atoms with Gasteiger partial charge in [0.2, 0.25) is 0 Å². The zero-order chi connectivity index (χ0) is 21.6. The average Bonchev–Trinajstić information content (AvgIpc) is 3.23. The molecule has 10 heteroatoms. The van der Waals surface area contributed by atoms with Crippen LogP contribution in [0.25, 0.3) is 17.0 Å². The number of carbonyl (C=O) groups is 2. The minimum Gasteiger partial charge on any atom is -0.358 e. The van der Waals surface area contributed by atoms with Crippen molar-refractivity contribution in [2.45, 2.75) is 6.54 Å². The lowest BCUT2D eigenvalue weighted by Gasteiger charge is -2.13. The Bertz CT molecular complexity index is 1310. The SMILES string of the molecule is N#Cc1cc(F)c(CN2C(=O)N/C(=C\c3c[nH]c4c(F)c(Cl)ccc34)C2=O)cc1F. The van der Waals surface area contributed by atoms with Crippen molar-refractivity contribution in [2.24, 2.45) is 0 Å². The lowest BCUT2D eigenvalue weighted by atomic mass is 10.1. The fourth-order valence-electron chi connectivity index (χ4n) is 3.12. The Morgan fingerprint density at radius 2 is 1.93 bits per heavy atom. The van der Waals surface area contributed by atoms with Crippen LogP contribution in [0.5, 0.6) is 0 Å². The van der Waals surface area contributed by atoms with Crippen LogP contribution in [0.2, 0.25) is 5.02 Å². The highest BCUT2D eigenvalue weighted by Gasteiger charge is 2.34. The van der Waals surface area contributed by atoms with Crippen molar-refractivity contribution in [2.75, 3.05) is 0 Å². The van der Waals surface area contributed by atoms with Gasteiger partial charge in [0.15, 0.2) is 5.82 Å². The van der Waals surface area contributed by atoms with E-state index in [9.17, 15) is 22.8 Å². The van der Waals surface area contributed by atoms with E-state index in [1.54, 1.807) is 6.07 Å². The minimum atomic E-state index is -0.962. The first kappa shape index (κ1) is 19.5. The molecule has 2 aromatic carbocycles. The molecule has 3 aromatic rings. The van der Waals surface area contributed by atoms with Gasteiger partial charge in [-0.25, -0.2) is 18.0 Å². The number of urea groups is 1. The maximum Gasteiger partial charge on any atom is 0.329 e. The monoisotopic (exact) mass is 430 g/mol. The lowest BCUT2D eigenvalue weighted by Crippen LogP contribution is -2.30. The van der Waals surface area contributed by atoms with Gasteiger partial charge < -0.3 is 10.3 Å². The van der Waals surface area contributed by atoms with E-state index in [1.165, 1.54) is 24.4 Å². The molecule has 1 aromatic heterocycles. The molecule has 0 unspecified atom stereocenters. The number of nitrogens with zero attached hydrogens (tertiary/aromatic N) is 2. The predicted octanol–water partition coefficient (Wildman–Crippen LogP) is 4.20. The van der Waals surface area contributed by atoms with Gasteiger partial charge in [-0.1, -0.05) is 17.7 Å². The number of nitrogens with one attached hydrogen (secondary N) is 2. The third kappa shape index (κ3) is 3.17. The second-order valence-corrected chi connectivity index (χ2v) is 6.85. The molecule has 0 bridgehead atoms. The molecule has 0 spiro atoms. The molecule has 1 aliphatic heterocycles. The van der Waals surface area contributed by atoms with E-state index in [0.29, 0.717) is 21.9 Å². The summed E-state index contributed by atoms with van der Waals surface area (Å²) in [7, 11) is 0. The van der Waals surface area contributed by atoms with Crippen molar-refractivity contribution in [3.63, 3.8) is 0 Å². The number of hydrogen-bond donors (Lipinski definition) is 2. The minimum absolute atomic E-state index is 0.0725. The standard InChI is InChI=1S/C20H10ClF3N4O2/c21-13-2-1-12-10(7-26-18(12)17(13)24)5-16-19(29)28(20(30)27-16)8-11-4-14(22)9(6-25)3-15(11)23/h1-5,7,26H,8H2,(H,27,30)/b16-5-. The highest BCUT2D eigenvalue weighted by molar-refractivity contribution is 6.31. The molecule has 2 N–H and O–H groups in total. The van der Waals surface area contributed by atoms with Gasteiger partial charge in [0.25, 0.3) is 5.91 Å². The molecule has 1 saturated heterocycles. The van der Waals surface area contributed by atoms with E-state index in [2.05, 4.69) is 10.3 Å². The first-order valence-corrected chi connectivity index (χ1v) is 8.85. The van der Waals surface area contributed by atoms with Gasteiger partial charge in [-0.15, -0.1) is 0 Å². The molecule has 0 saturated carbocycles. The number of carbonyl (C=O) groups excluding carboxylic acids is 2. The summed E-state index contributed by atoms with van der Waals surface area (Å²) in [5, 5.41) is 11.5. The Labute approximate surface area is 172 Å². The molecule has 30 heavy (non-hydrogen) atoms. The second kappa shape index (κ2) is 7.24. The number of halogens is 4.